The van der Waals surface area contributed by atoms with Crippen LogP contribution >= 0.6 is 0 Å². The standard InChI is InChI=1S/C5H9NO/c1-4-2-7-3-5(1)6-4/h4-6H,1-3H2/t4-,5-/m1/s1. The molecule has 2 bridgehead atoms. The van der Waals surface area contributed by atoms with Crippen LogP contribution in [0.2, 0.25) is 0 Å². The number of hydrogen-bond donors (Lipinski definition) is 1. The van der Waals surface area contributed by atoms with Crippen LogP contribution in [-0.4, -0.2) is 25.3 Å². The van der Waals surface area contributed by atoms with Crippen molar-refractivity contribution >= 4 is 0 Å². The second kappa shape index (κ2) is 1.20. The van der Waals surface area contributed by atoms with Crippen LogP contribution in [0.15, 0.2) is 0 Å². The molecule has 7 heavy (non-hydrogen) atoms. The number of rotatable bonds is 0. The highest BCUT2D eigenvalue weighted by Crippen LogP contribution is 2.17. The Hall–Kier alpha value is -0.0800. The molecule has 1 N–H and O–H groups in total. The summed E-state index contributed by atoms with van der Waals surface area (Å²) in [5.41, 5.74) is 0. The molecule has 0 aliphatic carbocycles. The van der Waals surface area contributed by atoms with E-state index in [4.69, 9.17) is 4.74 Å². The molecular formula is C5H9NO. The minimum absolute atomic E-state index is 0.707. The van der Waals surface area contributed by atoms with E-state index < -0.39 is 0 Å². The number of nitrogens with one attached hydrogen (secondary N) is 1. The third-order valence-electron chi connectivity index (χ3n) is 1.68. The van der Waals surface area contributed by atoms with E-state index in [1.54, 1.807) is 0 Å². The average molecular weight is 99.1 g/mol. The van der Waals surface area contributed by atoms with Gasteiger partial charge in [-0.2, -0.15) is 0 Å². The zero-order valence-electron chi connectivity index (χ0n) is 4.18. The molecule has 0 aromatic carbocycles. The summed E-state index contributed by atoms with van der Waals surface area (Å²) < 4.78 is 5.17. The van der Waals surface area contributed by atoms with E-state index in [0.29, 0.717) is 12.1 Å². The van der Waals surface area contributed by atoms with Crippen LogP contribution in [-0.2, 0) is 4.74 Å². The Labute approximate surface area is 42.9 Å². The largest absolute Gasteiger partial charge is 0.378 e. The third kappa shape index (κ3) is 0.469. The minimum atomic E-state index is 0.707. The summed E-state index contributed by atoms with van der Waals surface area (Å²) in [5, 5.41) is 3.35. The van der Waals surface area contributed by atoms with Crippen LogP contribution in [0.4, 0.5) is 0 Å². The molecule has 0 spiro atoms. The molecule has 0 radical (unpaired) electrons. The summed E-state index contributed by atoms with van der Waals surface area (Å²) in [5.74, 6) is 0. The van der Waals surface area contributed by atoms with Gasteiger partial charge in [-0.25, -0.2) is 0 Å². The lowest BCUT2D eigenvalue weighted by Crippen LogP contribution is -2.60. The first-order chi connectivity index (χ1) is 3.45. The molecule has 2 nitrogen and oxygen atoms in total. The third-order valence-corrected chi connectivity index (χ3v) is 1.68. The van der Waals surface area contributed by atoms with Gasteiger partial charge in [-0.3, -0.25) is 0 Å². The smallest absolute Gasteiger partial charge is 0.0621 e. The molecule has 0 saturated carbocycles. The molecule has 0 aromatic rings. The molecule has 3 fully saturated rings. The Kier molecular flexibility index (Phi) is 0.664. The topological polar surface area (TPSA) is 21.3 Å². The summed E-state index contributed by atoms with van der Waals surface area (Å²) in [4.78, 5) is 0. The van der Waals surface area contributed by atoms with Gasteiger partial charge in [0, 0.05) is 12.1 Å². The van der Waals surface area contributed by atoms with E-state index in [9.17, 15) is 0 Å². The Morgan fingerprint density at radius 3 is 2.00 bits per heavy atom. The molecule has 3 aliphatic heterocycles. The van der Waals surface area contributed by atoms with Gasteiger partial charge >= 0.3 is 0 Å². The maximum atomic E-state index is 5.17. The van der Waals surface area contributed by atoms with Crippen molar-refractivity contribution < 1.29 is 4.74 Å². The van der Waals surface area contributed by atoms with E-state index in [1.807, 2.05) is 0 Å². The summed E-state index contributed by atoms with van der Waals surface area (Å²) in [6.45, 7) is 1.88. The number of fused-ring (bicyclic) bond motifs is 2. The zero-order chi connectivity index (χ0) is 4.69. The highest BCUT2D eigenvalue weighted by Gasteiger charge is 2.32. The van der Waals surface area contributed by atoms with Crippen molar-refractivity contribution in [3.05, 3.63) is 0 Å². The normalized spacial score (nSPS) is 48.0. The first-order valence-electron chi connectivity index (χ1n) is 2.79. The Morgan fingerprint density at radius 2 is 1.86 bits per heavy atom. The van der Waals surface area contributed by atoms with Crippen LogP contribution in [0.3, 0.4) is 0 Å². The Bertz CT molecular complexity index is 64.6. The Balaban J connectivity index is 1.99. The molecule has 0 unspecified atom stereocenters. The van der Waals surface area contributed by atoms with Gasteiger partial charge in [-0.05, 0) is 6.42 Å². The van der Waals surface area contributed by atoms with E-state index in [2.05, 4.69) is 5.32 Å². The SMILES string of the molecule is C1OC[C@H]2C[C@H]1N2. The van der Waals surface area contributed by atoms with Gasteiger partial charge < -0.3 is 10.1 Å². The van der Waals surface area contributed by atoms with E-state index in [1.165, 1.54) is 6.42 Å². The predicted molar refractivity (Wildman–Crippen MR) is 26.1 cm³/mol. The van der Waals surface area contributed by atoms with Crippen molar-refractivity contribution in [2.45, 2.75) is 18.5 Å². The van der Waals surface area contributed by atoms with E-state index >= 15 is 0 Å². The molecule has 40 valence electrons. The van der Waals surface area contributed by atoms with Crippen molar-refractivity contribution in [3.8, 4) is 0 Å². The number of ether oxygens (including phenoxy) is 1. The first-order valence-corrected chi connectivity index (χ1v) is 2.79. The molecule has 2 atom stereocenters. The Morgan fingerprint density at radius 1 is 1.29 bits per heavy atom. The molecule has 3 rings (SSSR count). The summed E-state index contributed by atoms with van der Waals surface area (Å²) in [7, 11) is 0. The predicted octanol–water partition coefficient (Wildman–Crippen LogP) is -0.253. The average Bonchev–Trinajstić information content (AvgIpc) is 1.67. The van der Waals surface area contributed by atoms with Crippen LogP contribution in [0.25, 0.3) is 0 Å². The fourth-order valence-electron chi connectivity index (χ4n) is 1.24. The monoisotopic (exact) mass is 99.1 g/mol. The van der Waals surface area contributed by atoms with Gasteiger partial charge in [-0.1, -0.05) is 0 Å². The first kappa shape index (κ1) is 3.87. The lowest BCUT2D eigenvalue weighted by atomic mass is 9.96. The summed E-state index contributed by atoms with van der Waals surface area (Å²) in [6, 6.07) is 1.41. The second-order valence-electron chi connectivity index (χ2n) is 2.33. The maximum Gasteiger partial charge on any atom is 0.0621 e. The van der Waals surface area contributed by atoms with Gasteiger partial charge in [0.25, 0.3) is 0 Å². The van der Waals surface area contributed by atoms with Gasteiger partial charge in [0.1, 0.15) is 0 Å². The fraction of sp³-hybridized carbons (Fsp3) is 1.00. The van der Waals surface area contributed by atoms with Gasteiger partial charge in [0.2, 0.25) is 0 Å². The molecule has 2 heteroatoms. The van der Waals surface area contributed by atoms with Crippen LogP contribution in [0, 0.1) is 0 Å². The minimum Gasteiger partial charge on any atom is -0.378 e. The molecular weight excluding hydrogens is 90.1 g/mol. The quantitative estimate of drug-likeness (QED) is 0.452. The van der Waals surface area contributed by atoms with Gasteiger partial charge in [0.05, 0.1) is 13.2 Å². The van der Waals surface area contributed by atoms with Crippen LogP contribution in [0.1, 0.15) is 6.42 Å². The number of morpholine rings is 1. The maximum absolute atomic E-state index is 5.17. The fourth-order valence-corrected chi connectivity index (χ4v) is 1.24. The molecule has 3 heterocycles. The van der Waals surface area contributed by atoms with Gasteiger partial charge in [-0.15, -0.1) is 0 Å². The lowest BCUT2D eigenvalue weighted by molar-refractivity contribution is -0.0172. The number of hydrogen-bond acceptors (Lipinski definition) is 2. The highest BCUT2D eigenvalue weighted by atomic mass is 16.5. The zero-order valence-corrected chi connectivity index (χ0v) is 4.18. The van der Waals surface area contributed by atoms with Crippen LogP contribution in [0.5, 0.6) is 0 Å². The van der Waals surface area contributed by atoms with Crippen molar-refractivity contribution in [2.24, 2.45) is 0 Å². The van der Waals surface area contributed by atoms with Crippen LogP contribution < -0.4 is 5.32 Å². The van der Waals surface area contributed by atoms with Gasteiger partial charge in [0.15, 0.2) is 0 Å². The van der Waals surface area contributed by atoms with Crippen molar-refractivity contribution in [1.82, 2.24) is 5.32 Å². The summed E-state index contributed by atoms with van der Waals surface area (Å²) >= 11 is 0. The van der Waals surface area contributed by atoms with Crippen molar-refractivity contribution in [2.75, 3.05) is 13.2 Å². The second-order valence-corrected chi connectivity index (χ2v) is 2.33. The van der Waals surface area contributed by atoms with Crippen molar-refractivity contribution in [1.29, 1.82) is 0 Å². The van der Waals surface area contributed by atoms with E-state index in [-0.39, 0.29) is 0 Å². The highest BCUT2D eigenvalue weighted by molar-refractivity contribution is 4.91. The summed E-state index contributed by atoms with van der Waals surface area (Å²) in [6.07, 6.45) is 1.35. The van der Waals surface area contributed by atoms with Crippen molar-refractivity contribution in [3.63, 3.8) is 0 Å². The molecule has 3 aliphatic rings. The molecule has 0 aromatic heterocycles. The molecule has 3 saturated heterocycles. The van der Waals surface area contributed by atoms with E-state index in [0.717, 1.165) is 13.2 Å². The lowest BCUT2D eigenvalue weighted by Gasteiger charge is -2.42. The molecule has 0 amide bonds.